The predicted octanol–water partition coefficient (Wildman–Crippen LogP) is 2.78. The summed E-state index contributed by atoms with van der Waals surface area (Å²) in [6.45, 7) is 3.18. The van der Waals surface area contributed by atoms with Gasteiger partial charge in [-0.05, 0) is 30.4 Å². The van der Waals surface area contributed by atoms with Gasteiger partial charge in [0, 0.05) is 12.6 Å². The number of nitriles is 1. The van der Waals surface area contributed by atoms with Gasteiger partial charge in [-0.2, -0.15) is 5.26 Å². The van der Waals surface area contributed by atoms with Crippen LogP contribution < -0.4 is 10.1 Å². The van der Waals surface area contributed by atoms with Crippen LogP contribution in [0.2, 0.25) is 0 Å². The lowest BCUT2D eigenvalue weighted by atomic mass is 10.1. The van der Waals surface area contributed by atoms with Crippen LogP contribution in [0, 0.1) is 16.7 Å². The molecule has 1 saturated carbocycles. The number of ether oxygens (including phenoxy) is 1. The number of nitrogens with zero attached hydrogens (tertiary/aromatic N) is 1. The van der Waals surface area contributed by atoms with Crippen LogP contribution in [0.3, 0.4) is 0 Å². The Kier molecular flexibility index (Phi) is 2.74. The van der Waals surface area contributed by atoms with Gasteiger partial charge in [0.25, 0.3) is 0 Å². The van der Waals surface area contributed by atoms with Crippen LogP contribution in [0.15, 0.2) is 18.2 Å². The molecule has 1 aliphatic carbocycles. The third-order valence-corrected chi connectivity index (χ3v) is 3.16. The topological polar surface area (TPSA) is 45.0 Å². The summed E-state index contributed by atoms with van der Waals surface area (Å²) in [5, 5.41) is 12.3. The van der Waals surface area contributed by atoms with Crippen molar-refractivity contribution in [2.75, 3.05) is 19.0 Å². The van der Waals surface area contributed by atoms with E-state index in [1.54, 1.807) is 13.2 Å². The first-order valence-electron chi connectivity index (χ1n) is 5.49. The second-order valence-electron chi connectivity index (χ2n) is 4.69. The van der Waals surface area contributed by atoms with Crippen molar-refractivity contribution in [2.24, 2.45) is 5.41 Å². The van der Waals surface area contributed by atoms with E-state index in [0.717, 1.165) is 18.0 Å². The summed E-state index contributed by atoms with van der Waals surface area (Å²) in [6, 6.07) is 7.66. The molecular formula is C13H16N2O. The number of nitrogens with one attached hydrogen (secondary N) is 1. The number of anilines is 1. The maximum Gasteiger partial charge on any atom is 0.121 e. The van der Waals surface area contributed by atoms with Crippen molar-refractivity contribution in [3.63, 3.8) is 0 Å². The molecule has 1 aliphatic rings. The van der Waals surface area contributed by atoms with Crippen LogP contribution in [0.25, 0.3) is 0 Å². The average molecular weight is 216 g/mol. The van der Waals surface area contributed by atoms with Crippen molar-refractivity contribution in [1.29, 1.82) is 5.26 Å². The Hall–Kier alpha value is -1.69. The first-order chi connectivity index (χ1) is 7.67. The van der Waals surface area contributed by atoms with Crippen LogP contribution in [0.5, 0.6) is 5.75 Å². The number of benzene rings is 1. The van der Waals surface area contributed by atoms with E-state index >= 15 is 0 Å². The molecule has 0 spiro atoms. The lowest BCUT2D eigenvalue weighted by Crippen LogP contribution is -2.12. The number of methoxy groups -OCH3 is 1. The minimum atomic E-state index is 0.426. The molecular weight excluding hydrogens is 200 g/mol. The Morgan fingerprint density at radius 3 is 2.81 bits per heavy atom. The maximum absolute atomic E-state index is 9.00. The molecule has 3 heteroatoms. The Bertz CT molecular complexity index is 430. The zero-order valence-corrected chi connectivity index (χ0v) is 9.71. The molecule has 0 radical (unpaired) electrons. The number of hydrogen-bond donors (Lipinski definition) is 1. The molecule has 0 saturated heterocycles. The highest BCUT2D eigenvalue weighted by Gasteiger charge is 2.36. The van der Waals surface area contributed by atoms with Gasteiger partial charge in [-0.25, -0.2) is 0 Å². The lowest BCUT2D eigenvalue weighted by molar-refractivity contribution is 0.415. The number of hydrogen-bond acceptors (Lipinski definition) is 3. The molecule has 2 rings (SSSR count). The van der Waals surface area contributed by atoms with Crippen LogP contribution >= 0.6 is 0 Å². The third kappa shape index (κ3) is 2.27. The Morgan fingerprint density at radius 2 is 2.25 bits per heavy atom. The second-order valence-corrected chi connectivity index (χ2v) is 4.69. The summed E-state index contributed by atoms with van der Waals surface area (Å²) in [5.41, 5.74) is 1.97. The van der Waals surface area contributed by atoms with Gasteiger partial charge in [0.1, 0.15) is 11.8 Å². The monoisotopic (exact) mass is 216 g/mol. The van der Waals surface area contributed by atoms with E-state index in [1.165, 1.54) is 12.8 Å². The third-order valence-electron chi connectivity index (χ3n) is 3.16. The highest BCUT2D eigenvalue weighted by Crippen LogP contribution is 2.44. The molecule has 0 bridgehead atoms. The quantitative estimate of drug-likeness (QED) is 0.841. The summed E-state index contributed by atoms with van der Waals surface area (Å²) in [5.74, 6) is 0.780. The number of rotatable bonds is 4. The normalized spacial score (nSPS) is 16.3. The van der Waals surface area contributed by atoms with E-state index in [1.807, 2.05) is 12.1 Å². The molecule has 3 nitrogen and oxygen atoms in total. The van der Waals surface area contributed by atoms with Gasteiger partial charge >= 0.3 is 0 Å². The predicted molar refractivity (Wildman–Crippen MR) is 63.5 cm³/mol. The first kappa shape index (κ1) is 10.8. The first-order valence-corrected chi connectivity index (χ1v) is 5.49. The van der Waals surface area contributed by atoms with Gasteiger partial charge in [0.2, 0.25) is 0 Å². The fourth-order valence-electron chi connectivity index (χ4n) is 1.59. The van der Waals surface area contributed by atoms with Gasteiger partial charge in [-0.1, -0.05) is 6.92 Å². The largest absolute Gasteiger partial charge is 0.497 e. The molecule has 1 aromatic carbocycles. The highest BCUT2D eigenvalue weighted by molar-refractivity contribution is 5.60. The Morgan fingerprint density at radius 1 is 1.50 bits per heavy atom. The lowest BCUT2D eigenvalue weighted by Gasteiger charge is -2.13. The zero-order chi connectivity index (χ0) is 11.6. The van der Waals surface area contributed by atoms with Crippen molar-refractivity contribution in [2.45, 2.75) is 19.8 Å². The van der Waals surface area contributed by atoms with Crippen LogP contribution in [0.4, 0.5) is 5.69 Å². The Balaban J connectivity index is 2.13. The van der Waals surface area contributed by atoms with E-state index in [9.17, 15) is 0 Å². The minimum absolute atomic E-state index is 0.426. The van der Waals surface area contributed by atoms with Gasteiger partial charge in [-0.15, -0.1) is 0 Å². The molecule has 1 aromatic rings. The average Bonchev–Trinajstić information content (AvgIpc) is 3.05. The summed E-state index contributed by atoms with van der Waals surface area (Å²) < 4.78 is 5.15. The van der Waals surface area contributed by atoms with Crippen LogP contribution in [0.1, 0.15) is 25.3 Å². The molecule has 0 unspecified atom stereocenters. The van der Waals surface area contributed by atoms with Gasteiger partial charge < -0.3 is 10.1 Å². The van der Waals surface area contributed by atoms with Crippen LogP contribution in [-0.2, 0) is 0 Å². The molecule has 0 aliphatic heterocycles. The van der Waals surface area contributed by atoms with Gasteiger partial charge in [0.15, 0.2) is 0 Å². The van der Waals surface area contributed by atoms with Crippen molar-refractivity contribution < 1.29 is 4.74 Å². The van der Waals surface area contributed by atoms with Crippen molar-refractivity contribution in [3.05, 3.63) is 23.8 Å². The smallest absolute Gasteiger partial charge is 0.121 e. The Labute approximate surface area is 96.0 Å². The van der Waals surface area contributed by atoms with Gasteiger partial charge in [-0.3, -0.25) is 0 Å². The fourth-order valence-corrected chi connectivity index (χ4v) is 1.59. The molecule has 84 valence electrons. The SMILES string of the molecule is COc1ccc(C#N)c(NCC2(C)CC2)c1. The van der Waals surface area contributed by atoms with E-state index in [-0.39, 0.29) is 0 Å². The molecule has 0 heterocycles. The van der Waals surface area contributed by atoms with E-state index in [2.05, 4.69) is 18.3 Å². The minimum Gasteiger partial charge on any atom is -0.497 e. The molecule has 0 amide bonds. The maximum atomic E-state index is 9.00. The van der Waals surface area contributed by atoms with Gasteiger partial charge in [0.05, 0.1) is 18.4 Å². The second kappa shape index (κ2) is 4.05. The van der Waals surface area contributed by atoms with Crippen LogP contribution in [-0.4, -0.2) is 13.7 Å². The molecule has 16 heavy (non-hydrogen) atoms. The molecule has 0 aromatic heterocycles. The fraction of sp³-hybridized carbons (Fsp3) is 0.462. The summed E-state index contributed by atoms with van der Waals surface area (Å²) in [7, 11) is 1.63. The standard InChI is InChI=1S/C13H16N2O/c1-13(5-6-13)9-15-12-7-11(16-2)4-3-10(12)8-14/h3-4,7,15H,5-6,9H2,1-2H3. The van der Waals surface area contributed by atoms with E-state index in [0.29, 0.717) is 11.0 Å². The van der Waals surface area contributed by atoms with Crippen molar-refractivity contribution in [3.8, 4) is 11.8 Å². The zero-order valence-electron chi connectivity index (χ0n) is 9.71. The molecule has 0 atom stereocenters. The van der Waals surface area contributed by atoms with Crippen molar-refractivity contribution in [1.82, 2.24) is 0 Å². The van der Waals surface area contributed by atoms with E-state index < -0.39 is 0 Å². The highest BCUT2D eigenvalue weighted by atomic mass is 16.5. The molecule has 1 N–H and O–H groups in total. The van der Waals surface area contributed by atoms with E-state index in [4.69, 9.17) is 10.00 Å². The summed E-state index contributed by atoms with van der Waals surface area (Å²) in [6.07, 6.45) is 2.54. The molecule has 1 fully saturated rings. The summed E-state index contributed by atoms with van der Waals surface area (Å²) >= 11 is 0. The summed E-state index contributed by atoms with van der Waals surface area (Å²) in [4.78, 5) is 0. The van der Waals surface area contributed by atoms with Crippen molar-refractivity contribution >= 4 is 5.69 Å².